The van der Waals surface area contributed by atoms with Crippen molar-refractivity contribution in [3.8, 4) is 17.1 Å². The second-order valence-electron chi connectivity index (χ2n) is 7.61. The molecule has 2 aromatic carbocycles. The van der Waals surface area contributed by atoms with Crippen molar-refractivity contribution in [1.29, 1.82) is 0 Å². The summed E-state index contributed by atoms with van der Waals surface area (Å²) >= 11 is 1.36. The number of hydrogen-bond acceptors (Lipinski definition) is 6. The number of aromatic nitrogens is 3. The summed E-state index contributed by atoms with van der Waals surface area (Å²) in [5, 5.41) is 5.15. The summed E-state index contributed by atoms with van der Waals surface area (Å²) in [6.07, 6.45) is 1.50. The number of nitrogens with one attached hydrogen (secondary N) is 2. The molecule has 3 heterocycles. The Kier molecular flexibility index (Phi) is 5.83. The predicted octanol–water partition coefficient (Wildman–Crippen LogP) is 4.36. The molecule has 1 fully saturated rings. The zero-order chi connectivity index (χ0) is 21.9. The molecule has 32 heavy (non-hydrogen) atoms. The number of rotatable bonds is 7. The highest BCUT2D eigenvalue weighted by atomic mass is 32.1. The fraction of sp³-hybridized carbons (Fsp3) is 0.261. The Morgan fingerprint density at radius 1 is 1.28 bits per heavy atom. The SMILES string of the molecule is O=C(Nc1nccs1)c1cccc2[nH]c(-c3ccccc3OCCN3CCC(F)C3)nc12. The van der Waals surface area contributed by atoms with Crippen LogP contribution in [-0.2, 0) is 0 Å². The Morgan fingerprint density at radius 2 is 2.19 bits per heavy atom. The van der Waals surface area contributed by atoms with E-state index in [0.29, 0.717) is 53.9 Å². The van der Waals surface area contributed by atoms with Gasteiger partial charge in [-0.15, -0.1) is 11.3 Å². The van der Waals surface area contributed by atoms with E-state index in [-0.39, 0.29) is 5.91 Å². The van der Waals surface area contributed by atoms with Gasteiger partial charge in [-0.1, -0.05) is 18.2 Å². The van der Waals surface area contributed by atoms with Gasteiger partial charge in [-0.3, -0.25) is 15.0 Å². The molecule has 0 spiro atoms. The molecule has 1 atom stereocenters. The third-order valence-electron chi connectivity index (χ3n) is 5.43. The summed E-state index contributed by atoms with van der Waals surface area (Å²) in [4.78, 5) is 27.0. The Balaban J connectivity index is 1.37. The summed E-state index contributed by atoms with van der Waals surface area (Å²) < 4.78 is 19.4. The van der Waals surface area contributed by atoms with E-state index in [9.17, 15) is 9.18 Å². The topological polar surface area (TPSA) is 83.1 Å². The number of benzene rings is 2. The first-order valence-corrected chi connectivity index (χ1v) is 11.3. The molecule has 164 valence electrons. The molecule has 0 aliphatic carbocycles. The third kappa shape index (κ3) is 4.35. The standard InChI is InChI=1S/C23H22FN5O2S/c24-15-8-10-29(14-15)11-12-31-19-7-2-1-4-16(19)21-26-18-6-3-5-17(20(18)27-21)22(30)28-23-25-9-13-32-23/h1-7,9,13,15H,8,10-12,14H2,(H,26,27)(H,25,28,30). The van der Waals surface area contributed by atoms with Gasteiger partial charge in [-0.05, 0) is 30.7 Å². The Bertz CT molecular complexity index is 1230. The Hall–Kier alpha value is -3.30. The normalized spacial score (nSPS) is 16.5. The van der Waals surface area contributed by atoms with Gasteiger partial charge in [0.2, 0.25) is 0 Å². The number of H-pyrrole nitrogens is 1. The van der Waals surface area contributed by atoms with E-state index in [1.165, 1.54) is 11.3 Å². The quantitative estimate of drug-likeness (QED) is 0.436. The number of likely N-dealkylation sites (tertiary alicyclic amines) is 1. The third-order valence-corrected chi connectivity index (χ3v) is 6.12. The molecule has 9 heteroatoms. The van der Waals surface area contributed by atoms with Crippen molar-refractivity contribution in [3.63, 3.8) is 0 Å². The zero-order valence-electron chi connectivity index (χ0n) is 17.3. The number of para-hydroxylation sites is 2. The fourth-order valence-electron chi connectivity index (χ4n) is 3.85. The van der Waals surface area contributed by atoms with Crippen LogP contribution in [0.5, 0.6) is 5.75 Å². The molecule has 2 N–H and O–H groups in total. The second kappa shape index (κ2) is 9.05. The minimum absolute atomic E-state index is 0.259. The van der Waals surface area contributed by atoms with Crippen LogP contribution in [0.25, 0.3) is 22.4 Å². The number of aromatic amines is 1. The number of anilines is 1. The number of amides is 1. The first-order valence-electron chi connectivity index (χ1n) is 10.5. The summed E-state index contributed by atoms with van der Waals surface area (Å²) in [6, 6.07) is 13.1. The number of fused-ring (bicyclic) bond motifs is 1. The summed E-state index contributed by atoms with van der Waals surface area (Å²) in [6.45, 7) is 2.38. The van der Waals surface area contributed by atoms with Crippen LogP contribution in [-0.4, -0.2) is 58.2 Å². The number of ether oxygens (including phenoxy) is 1. The van der Waals surface area contributed by atoms with Crippen molar-refractivity contribution in [2.75, 3.05) is 31.6 Å². The molecule has 5 rings (SSSR count). The van der Waals surface area contributed by atoms with Crippen molar-refractivity contribution in [3.05, 3.63) is 59.6 Å². The van der Waals surface area contributed by atoms with Crippen LogP contribution < -0.4 is 10.1 Å². The van der Waals surface area contributed by atoms with Crippen LogP contribution in [0.2, 0.25) is 0 Å². The van der Waals surface area contributed by atoms with Crippen LogP contribution in [0.4, 0.5) is 9.52 Å². The fourth-order valence-corrected chi connectivity index (χ4v) is 4.38. The highest BCUT2D eigenvalue weighted by Gasteiger charge is 2.21. The number of imidazole rings is 1. The number of hydrogen-bond donors (Lipinski definition) is 2. The van der Waals surface area contributed by atoms with Crippen molar-refractivity contribution in [1.82, 2.24) is 19.9 Å². The van der Waals surface area contributed by atoms with E-state index in [2.05, 4.69) is 20.2 Å². The van der Waals surface area contributed by atoms with Crippen molar-refractivity contribution < 1.29 is 13.9 Å². The molecule has 0 bridgehead atoms. The maximum Gasteiger partial charge on any atom is 0.259 e. The molecule has 2 aromatic heterocycles. The van der Waals surface area contributed by atoms with E-state index < -0.39 is 6.17 Å². The van der Waals surface area contributed by atoms with Gasteiger partial charge < -0.3 is 9.72 Å². The van der Waals surface area contributed by atoms with E-state index in [4.69, 9.17) is 9.72 Å². The number of carbonyl (C=O) groups is 1. The number of carbonyl (C=O) groups excluding carboxylic acids is 1. The van der Waals surface area contributed by atoms with Gasteiger partial charge in [0.1, 0.15) is 29.9 Å². The molecule has 1 aliphatic heterocycles. The molecule has 1 unspecified atom stereocenters. The average molecular weight is 452 g/mol. The lowest BCUT2D eigenvalue weighted by molar-refractivity contribution is 0.102. The largest absolute Gasteiger partial charge is 0.491 e. The molecular formula is C23H22FN5O2S. The highest BCUT2D eigenvalue weighted by molar-refractivity contribution is 7.13. The van der Waals surface area contributed by atoms with Gasteiger partial charge in [-0.25, -0.2) is 14.4 Å². The van der Waals surface area contributed by atoms with E-state index >= 15 is 0 Å². The number of thiazole rings is 1. The molecule has 0 radical (unpaired) electrons. The van der Waals surface area contributed by atoms with Gasteiger partial charge in [0.25, 0.3) is 5.91 Å². The molecule has 1 amide bonds. The van der Waals surface area contributed by atoms with Crippen molar-refractivity contribution in [2.45, 2.75) is 12.6 Å². The highest BCUT2D eigenvalue weighted by Crippen LogP contribution is 2.30. The minimum atomic E-state index is -0.736. The van der Waals surface area contributed by atoms with Gasteiger partial charge in [0.05, 0.1) is 16.6 Å². The first-order chi connectivity index (χ1) is 15.7. The van der Waals surface area contributed by atoms with Gasteiger partial charge in [-0.2, -0.15) is 0 Å². The maximum absolute atomic E-state index is 13.4. The average Bonchev–Trinajstić information content (AvgIpc) is 3.55. The number of alkyl halides is 1. The summed E-state index contributed by atoms with van der Waals surface area (Å²) in [7, 11) is 0. The van der Waals surface area contributed by atoms with Crippen LogP contribution in [0, 0.1) is 0 Å². The molecule has 0 saturated carbocycles. The minimum Gasteiger partial charge on any atom is -0.491 e. The zero-order valence-corrected chi connectivity index (χ0v) is 18.1. The number of nitrogens with zero attached hydrogens (tertiary/aromatic N) is 3. The van der Waals surface area contributed by atoms with E-state index in [1.807, 2.05) is 36.4 Å². The maximum atomic E-state index is 13.4. The molecule has 4 aromatic rings. The molecular weight excluding hydrogens is 429 g/mol. The monoisotopic (exact) mass is 451 g/mol. The smallest absolute Gasteiger partial charge is 0.259 e. The second-order valence-corrected chi connectivity index (χ2v) is 8.50. The lowest BCUT2D eigenvalue weighted by atomic mass is 10.1. The van der Waals surface area contributed by atoms with Gasteiger partial charge >= 0.3 is 0 Å². The van der Waals surface area contributed by atoms with Gasteiger partial charge in [0, 0.05) is 31.2 Å². The lowest BCUT2D eigenvalue weighted by Crippen LogP contribution is -2.26. The van der Waals surface area contributed by atoms with Gasteiger partial charge in [0.15, 0.2) is 5.13 Å². The predicted molar refractivity (Wildman–Crippen MR) is 123 cm³/mol. The summed E-state index contributed by atoms with van der Waals surface area (Å²) in [5.41, 5.74) is 2.61. The lowest BCUT2D eigenvalue weighted by Gasteiger charge is -2.16. The molecule has 1 saturated heterocycles. The van der Waals surface area contributed by atoms with Crippen molar-refractivity contribution in [2.24, 2.45) is 0 Å². The Morgan fingerprint density at radius 3 is 3.00 bits per heavy atom. The van der Waals surface area contributed by atoms with E-state index in [1.54, 1.807) is 17.6 Å². The van der Waals surface area contributed by atoms with Crippen LogP contribution in [0.15, 0.2) is 54.0 Å². The first kappa shape index (κ1) is 20.6. The van der Waals surface area contributed by atoms with Crippen molar-refractivity contribution >= 4 is 33.4 Å². The molecule has 7 nitrogen and oxygen atoms in total. The molecule has 1 aliphatic rings. The van der Waals surface area contributed by atoms with Crippen LogP contribution in [0.3, 0.4) is 0 Å². The number of halogens is 1. The van der Waals surface area contributed by atoms with Crippen LogP contribution in [0.1, 0.15) is 16.8 Å². The summed E-state index contributed by atoms with van der Waals surface area (Å²) in [5.74, 6) is 1.05. The van der Waals surface area contributed by atoms with Crippen LogP contribution >= 0.6 is 11.3 Å². The Labute approximate surface area is 188 Å². The van der Waals surface area contributed by atoms with E-state index in [0.717, 1.165) is 17.6 Å².